The highest BCUT2D eigenvalue weighted by atomic mass is 19.1. The number of H-pyrrole nitrogens is 1. The summed E-state index contributed by atoms with van der Waals surface area (Å²) in [5.74, 6) is 0.479. The van der Waals surface area contributed by atoms with Gasteiger partial charge in [0, 0.05) is 43.2 Å². The Kier molecular flexibility index (Phi) is 7.92. The number of amides is 1. The molecule has 1 amide bonds. The topological polar surface area (TPSA) is 81.3 Å². The second kappa shape index (κ2) is 10.4. The van der Waals surface area contributed by atoms with Crippen LogP contribution in [-0.4, -0.2) is 43.0 Å². The lowest BCUT2D eigenvalue weighted by atomic mass is 10.1. The number of rotatable bonds is 9. The van der Waals surface area contributed by atoms with E-state index in [1.165, 1.54) is 12.1 Å². The molecule has 0 spiro atoms. The number of hydrogen-bond donors (Lipinski definition) is 4. The van der Waals surface area contributed by atoms with Gasteiger partial charge in [-0.05, 0) is 43.5 Å². The summed E-state index contributed by atoms with van der Waals surface area (Å²) in [6.45, 7) is 6.61. The maximum atomic E-state index is 13.2. The molecule has 0 aliphatic heterocycles. The Morgan fingerprint density at radius 3 is 2.81 bits per heavy atom. The molecule has 0 fully saturated rings. The summed E-state index contributed by atoms with van der Waals surface area (Å²) in [4.78, 5) is 19.1. The average Bonchev–Trinajstić information content (AvgIpc) is 3.02. The molecule has 2 rings (SSSR count). The number of halogens is 1. The van der Waals surface area contributed by atoms with Gasteiger partial charge in [0.1, 0.15) is 5.82 Å². The van der Waals surface area contributed by atoms with Crippen LogP contribution in [0, 0.1) is 5.82 Å². The standard InChI is InChI=1S/C19H28FN5O/c1-3-9-22-18(26)8-11-24-19(21-4-2)23-10-7-14-13-25-17-12-15(20)5-6-16(14)17/h5-6,12-13,25H,3-4,7-11H2,1-2H3,(H,22,26)(H2,21,23,24). The lowest BCUT2D eigenvalue weighted by Gasteiger charge is -2.11. The molecule has 0 aliphatic rings. The van der Waals surface area contributed by atoms with Crippen LogP contribution in [0.3, 0.4) is 0 Å². The van der Waals surface area contributed by atoms with E-state index < -0.39 is 0 Å². The van der Waals surface area contributed by atoms with Crippen molar-refractivity contribution in [2.75, 3.05) is 26.2 Å². The van der Waals surface area contributed by atoms with Crippen LogP contribution in [0.15, 0.2) is 29.4 Å². The minimum Gasteiger partial charge on any atom is -0.361 e. The highest BCUT2D eigenvalue weighted by Crippen LogP contribution is 2.19. The van der Waals surface area contributed by atoms with Gasteiger partial charge in [-0.3, -0.25) is 9.79 Å². The zero-order valence-electron chi connectivity index (χ0n) is 15.5. The first-order chi connectivity index (χ1) is 12.6. The molecule has 0 radical (unpaired) electrons. The Labute approximate surface area is 153 Å². The number of aromatic nitrogens is 1. The van der Waals surface area contributed by atoms with Gasteiger partial charge in [0.25, 0.3) is 0 Å². The number of carbonyl (C=O) groups is 1. The van der Waals surface area contributed by atoms with E-state index in [1.807, 2.05) is 20.0 Å². The second-order valence-electron chi connectivity index (χ2n) is 6.04. The summed E-state index contributed by atoms with van der Waals surface area (Å²) >= 11 is 0. The number of nitrogens with one attached hydrogen (secondary N) is 4. The second-order valence-corrected chi connectivity index (χ2v) is 6.04. The monoisotopic (exact) mass is 361 g/mol. The van der Waals surface area contributed by atoms with E-state index in [-0.39, 0.29) is 11.7 Å². The number of carbonyl (C=O) groups excluding carboxylic acids is 1. The normalized spacial score (nSPS) is 11.6. The molecule has 6 nitrogen and oxygen atoms in total. The minimum absolute atomic E-state index is 0.0254. The summed E-state index contributed by atoms with van der Waals surface area (Å²) in [6.07, 6.45) is 4.01. The van der Waals surface area contributed by atoms with E-state index in [0.717, 1.165) is 35.9 Å². The Morgan fingerprint density at radius 2 is 2.04 bits per heavy atom. The average molecular weight is 361 g/mol. The molecule has 0 bridgehead atoms. The quantitative estimate of drug-likeness (QED) is 0.409. The van der Waals surface area contributed by atoms with Crippen LogP contribution in [0.5, 0.6) is 0 Å². The molecule has 0 saturated heterocycles. The molecule has 26 heavy (non-hydrogen) atoms. The first-order valence-electron chi connectivity index (χ1n) is 9.18. The lowest BCUT2D eigenvalue weighted by Crippen LogP contribution is -2.38. The number of guanidine groups is 1. The Morgan fingerprint density at radius 1 is 1.19 bits per heavy atom. The minimum atomic E-state index is -0.242. The van der Waals surface area contributed by atoms with E-state index in [2.05, 4.69) is 25.9 Å². The number of benzene rings is 1. The zero-order valence-corrected chi connectivity index (χ0v) is 15.5. The van der Waals surface area contributed by atoms with Gasteiger partial charge in [-0.2, -0.15) is 0 Å². The number of fused-ring (bicyclic) bond motifs is 1. The fraction of sp³-hybridized carbons (Fsp3) is 0.474. The van der Waals surface area contributed by atoms with Crippen molar-refractivity contribution in [2.45, 2.75) is 33.1 Å². The summed E-state index contributed by atoms with van der Waals surface area (Å²) in [5.41, 5.74) is 1.93. The number of aromatic amines is 1. The Hall–Kier alpha value is -2.57. The third-order valence-corrected chi connectivity index (χ3v) is 3.94. The van der Waals surface area contributed by atoms with Crippen molar-refractivity contribution in [1.82, 2.24) is 20.9 Å². The third kappa shape index (κ3) is 6.06. The molecule has 1 heterocycles. The first-order valence-corrected chi connectivity index (χ1v) is 9.18. The Bertz CT molecular complexity index is 741. The highest BCUT2D eigenvalue weighted by molar-refractivity contribution is 5.83. The van der Waals surface area contributed by atoms with Crippen LogP contribution >= 0.6 is 0 Å². The van der Waals surface area contributed by atoms with E-state index in [4.69, 9.17) is 0 Å². The molecule has 7 heteroatoms. The van der Waals surface area contributed by atoms with Crippen LogP contribution in [0.2, 0.25) is 0 Å². The van der Waals surface area contributed by atoms with Gasteiger partial charge in [-0.15, -0.1) is 0 Å². The summed E-state index contributed by atoms with van der Waals surface area (Å²) in [6, 6.07) is 4.77. The fourth-order valence-electron chi connectivity index (χ4n) is 2.64. The maximum absolute atomic E-state index is 13.2. The van der Waals surface area contributed by atoms with Crippen molar-refractivity contribution >= 4 is 22.8 Å². The van der Waals surface area contributed by atoms with Gasteiger partial charge in [0.15, 0.2) is 5.96 Å². The molecule has 1 aromatic carbocycles. The van der Waals surface area contributed by atoms with Crippen LogP contribution < -0.4 is 16.0 Å². The molecule has 0 atom stereocenters. The number of nitrogens with zero attached hydrogens (tertiary/aromatic N) is 1. The maximum Gasteiger partial charge on any atom is 0.221 e. The van der Waals surface area contributed by atoms with Crippen LogP contribution in [-0.2, 0) is 11.2 Å². The molecular formula is C19H28FN5O. The van der Waals surface area contributed by atoms with E-state index >= 15 is 0 Å². The van der Waals surface area contributed by atoms with Crippen LogP contribution in [0.25, 0.3) is 10.9 Å². The number of hydrogen-bond acceptors (Lipinski definition) is 2. The van der Waals surface area contributed by atoms with Crippen LogP contribution in [0.4, 0.5) is 4.39 Å². The molecule has 0 unspecified atom stereocenters. The Balaban J connectivity index is 1.83. The van der Waals surface area contributed by atoms with Crippen molar-refractivity contribution in [1.29, 1.82) is 0 Å². The summed E-state index contributed by atoms with van der Waals surface area (Å²) < 4.78 is 13.2. The predicted molar refractivity (Wildman–Crippen MR) is 104 cm³/mol. The lowest BCUT2D eigenvalue weighted by molar-refractivity contribution is -0.120. The molecule has 1 aromatic heterocycles. The van der Waals surface area contributed by atoms with Gasteiger partial charge in [0.2, 0.25) is 5.91 Å². The number of aliphatic imine (C=N–C) groups is 1. The van der Waals surface area contributed by atoms with Crippen LogP contribution in [0.1, 0.15) is 32.3 Å². The van der Waals surface area contributed by atoms with Gasteiger partial charge < -0.3 is 20.9 Å². The van der Waals surface area contributed by atoms with E-state index in [1.54, 1.807) is 6.07 Å². The smallest absolute Gasteiger partial charge is 0.221 e. The SMILES string of the molecule is CCCNC(=O)CCN=C(NCC)NCCc1c[nH]c2cc(F)ccc12. The van der Waals surface area contributed by atoms with Crippen molar-refractivity contribution < 1.29 is 9.18 Å². The summed E-state index contributed by atoms with van der Waals surface area (Å²) in [5, 5.41) is 10.3. The van der Waals surface area contributed by atoms with Crippen molar-refractivity contribution in [3.63, 3.8) is 0 Å². The molecular weight excluding hydrogens is 333 g/mol. The van der Waals surface area contributed by atoms with Crippen molar-refractivity contribution in [2.24, 2.45) is 4.99 Å². The first kappa shape index (κ1) is 19.8. The van der Waals surface area contributed by atoms with E-state index in [9.17, 15) is 9.18 Å². The van der Waals surface area contributed by atoms with Crippen molar-refractivity contribution in [3.05, 3.63) is 35.8 Å². The largest absolute Gasteiger partial charge is 0.361 e. The molecule has 2 aromatic rings. The van der Waals surface area contributed by atoms with Gasteiger partial charge in [-0.1, -0.05) is 6.92 Å². The summed E-state index contributed by atoms with van der Waals surface area (Å²) in [7, 11) is 0. The fourth-order valence-corrected chi connectivity index (χ4v) is 2.64. The molecule has 0 aliphatic carbocycles. The van der Waals surface area contributed by atoms with Gasteiger partial charge in [-0.25, -0.2) is 4.39 Å². The highest BCUT2D eigenvalue weighted by Gasteiger charge is 2.05. The van der Waals surface area contributed by atoms with Gasteiger partial charge >= 0.3 is 0 Å². The molecule has 142 valence electrons. The third-order valence-electron chi connectivity index (χ3n) is 3.94. The predicted octanol–water partition coefficient (Wildman–Crippen LogP) is 2.32. The van der Waals surface area contributed by atoms with E-state index in [0.29, 0.717) is 32.0 Å². The molecule has 4 N–H and O–H groups in total. The molecule has 0 saturated carbocycles. The van der Waals surface area contributed by atoms with Gasteiger partial charge in [0.05, 0.1) is 6.54 Å². The zero-order chi connectivity index (χ0) is 18.8. The van der Waals surface area contributed by atoms with Crippen molar-refractivity contribution in [3.8, 4) is 0 Å².